The Kier molecular flexibility index (Phi) is 9.52. The second-order valence-corrected chi connectivity index (χ2v) is 11.7. The van der Waals surface area contributed by atoms with Crippen molar-refractivity contribution >= 4 is 18.1 Å². The van der Waals surface area contributed by atoms with Crippen molar-refractivity contribution in [3.05, 3.63) is 70.8 Å². The maximum absolute atomic E-state index is 12.3. The first-order valence-electron chi connectivity index (χ1n) is 12.3. The van der Waals surface area contributed by atoms with Crippen LogP contribution in [-0.2, 0) is 21.4 Å². The van der Waals surface area contributed by atoms with Gasteiger partial charge in [-0.15, -0.1) is 4.99 Å². The van der Waals surface area contributed by atoms with Crippen molar-refractivity contribution in [1.82, 2.24) is 10.6 Å². The predicted molar refractivity (Wildman–Crippen MR) is 147 cm³/mol. The summed E-state index contributed by atoms with van der Waals surface area (Å²) in [6.45, 7) is 17.3. The Morgan fingerprint density at radius 2 is 1.41 bits per heavy atom. The number of benzene rings is 2. The smallest absolute Gasteiger partial charge is 0.437 e. The number of amides is 2. The first-order valence-corrected chi connectivity index (χ1v) is 12.3. The second-order valence-electron chi connectivity index (χ2n) is 11.7. The average molecular weight is 506 g/mol. The van der Waals surface area contributed by atoms with Gasteiger partial charge in [0.1, 0.15) is 11.2 Å². The van der Waals surface area contributed by atoms with Crippen LogP contribution in [0.25, 0.3) is 0 Å². The molecule has 0 heterocycles. The Bertz CT molecular complexity index is 1180. The number of nitrogens with zero attached hydrogens (tertiary/aromatic N) is 1. The van der Waals surface area contributed by atoms with Crippen molar-refractivity contribution < 1.29 is 19.1 Å². The molecule has 2 rings (SSSR count). The van der Waals surface area contributed by atoms with Gasteiger partial charge in [0.25, 0.3) is 0 Å². The van der Waals surface area contributed by atoms with E-state index in [1.54, 1.807) is 41.5 Å². The third-order valence-electron chi connectivity index (χ3n) is 4.70. The van der Waals surface area contributed by atoms with Crippen molar-refractivity contribution in [2.24, 2.45) is 4.99 Å². The van der Waals surface area contributed by atoms with Gasteiger partial charge in [-0.3, -0.25) is 5.32 Å². The highest BCUT2D eigenvalue weighted by Crippen LogP contribution is 2.22. The quantitative estimate of drug-likeness (QED) is 0.284. The number of aliphatic imine (C=N–C) groups is 1. The minimum Gasteiger partial charge on any atom is -0.444 e. The summed E-state index contributed by atoms with van der Waals surface area (Å²) in [6.07, 6.45) is -1.57. The number of hydrogen-bond acceptors (Lipinski definition) is 4. The first kappa shape index (κ1) is 29.4. The summed E-state index contributed by atoms with van der Waals surface area (Å²) in [5.74, 6) is 6.32. The lowest BCUT2D eigenvalue weighted by molar-refractivity contribution is 0.0560. The van der Waals surface area contributed by atoms with E-state index >= 15 is 0 Å². The Balaban J connectivity index is 2.15. The zero-order valence-electron chi connectivity index (χ0n) is 23.4. The minimum atomic E-state index is -0.830. The third-order valence-corrected chi connectivity index (χ3v) is 4.70. The van der Waals surface area contributed by atoms with Gasteiger partial charge in [-0.25, -0.2) is 9.59 Å². The monoisotopic (exact) mass is 505 g/mol. The zero-order chi connectivity index (χ0) is 27.9. The van der Waals surface area contributed by atoms with Crippen molar-refractivity contribution in [3.63, 3.8) is 0 Å². The van der Waals surface area contributed by atoms with E-state index in [2.05, 4.69) is 60.4 Å². The summed E-state index contributed by atoms with van der Waals surface area (Å²) < 4.78 is 10.5. The molecular formula is C30H39N3O4. The topological polar surface area (TPSA) is 89.0 Å². The van der Waals surface area contributed by atoms with E-state index in [0.717, 1.165) is 16.7 Å². The molecule has 0 spiro atoms. The van der Waals surface area contributed by atoms with E-state index in [1.807, 2.05) is 36.4 Å². The third kappa shape index (κ3) is 11.7. The number of carbonyl (C=O) groups is 2. The Morgan fingerprint density at radius 1 is 0.811 bits per heavy atom. The van der Waals surface area contributed by atoms with Crippen molar-refractivity contribution in [1.29, 1.82) is 0 Å². The average Bonchev–Trinajstić information content (AvgIpc) is 2.73. The second kappa shape index (κ2) is 12.0. The molecule has 0 aliphatic rings. The molecule has 2 aromatic carbocycles. The maximum atomic E-state index is 12.3. The molecule has 0 saturated heterocycles. The van der Waals surface area contributed by atoms with Crippen LogP contribution in [0.15, 0.2) is 53.5 Å². The van der Waals surface area contributed by atoms with Crippen LogP contribution in [-0.4, -0.2) is 29.3 Å². The van der Waals surface area contributed by atoms with Crippen molar-refractivity contribution in [3.8, 4) is 11.8 Å². The number of guanidine groups is 1. The van der Waals surface area contributed by atoms with Gasteiger partial charge in [0.15, 0.2) is 0 Å². The number of carbonyl (C=O) groups excluding carboxylic acids is 2. The van der Waals surface area contributed by atoms with Gasteiger partial charge >= 0.3 is 12.2 Å². The van der Waals surface area contributed by atoms with E-state index < -0.39 is 23.4 Å². The summed E-state index contributed by atoms with van der Waals surface area (Å²) >= 11 is 0. The van der Waals surface area contributed by atoms with Gasteiger partial charge in [0.2, 0.25) is 5.96 Å². The van der Waals surface area contributed by atoms with Crippen LogP contribution in [0.1, 0.15) is 84.6 Å². The number of alkyl carbamates (subject to hydrolysis) is 1. The maximum Gasteiger partial charge on any atom is 0.437 e. The van der Waals surface area contributed by atoms with Gasteiger partial charge in [-0.05, 0) is 82.3 Å². The summed E-state index contributed by atoms with van der Waals surface area (Å²) in [7, 11) is 0. The Hall–Kier alpha value is -3.79. The van der Waals surface area contributed by atoms with Crippen LogP contribution in [0.5, 0.6) is 0 Å². The van der Waals surface area contributed by atoms with Gasteiger partial charge < -0.3 is 14.8 Å². The molecule has 0 aromatic heterocycles. The lowest BCUT2D eigenvalue weighted by atomic mass is 9.87. The van der Waals surface area contributed by atoms with Gasteiger partial charge in [0.05, 0.1) is 0 Å². The molecule has 7 nitrogen and oxygen atoms in total. The van der Waals surface area contributed by atoms with Crippen molar-refractivity contribution in [2.45, 2.75) is 85.5 Å². The molecule has 198 valence electrons. The molecule has 0 saturated carbocycles. The molecule has 0 bridgehead atoms. The normalized spacial score (nSPS) is 12.2. The molecule has 0 aliphatic carbocycles. The molecule has 0 unspecified atom stereocenters. The minimum absolute atomic E-state index is 0.0704. The Labute approximate surface area is 221 Å². The van der Waals surface area contributed by atoms with Crippen LogP contribution >= 0.6 is 0 Å². The van der Waals surface area contributed by atoms with E-state index in [-0.39, 0.29) is 17.9 Å². The van der Waals surface area contributed by atoms with Crippen LogP contribution in [0.4, 0.5) is 9.59 Å². The number of hydrogen-bond donors (Lipinski definition) is 2. The summed E-state index contributed by atoms with van der Waals surface area (Å²) in [5, 5.41) is 5.47. The van der Waals surface area contributed by atoms with Gasteiger partial charge in [0, 0.05) is 17.7 Å². The highest BCUT2D eigenvalue weighted by molar-refractivity contribution is 5.98. The molecule has 0 atom stereocenters. The summed E-state index contributed by atoms with van der Waals surface area (Å²) in [4.78, 5) is 28.4. The molecule has 37 heavy (non-hydrogen) atoms. The van der Waals surface area contributed by atoms with Gasteiger partial charge in [-0.1, -0.05) is 56.9 Å². The van der Waals surface area contributed by atoms with Crippen LogP contribution in [0.2, 0.25) is 0 Å². The fourth-order valence-electron chi connectivity index (χ4n) is 3.03. The fourth-order valence-corrected chi connectivity index (χ4v) is 3.03. The molecule has 0 fully saturated rings. The molecule has 0 aliphatic heterocycles. The number of rotatable bonds is 2. The van der Waals surface area contributed by atoms with Gasteiger partial charge in [-0.2, -0.15) is 0 Å². The first-order chi connectivity index (χ1) is 17.0. The highest BCUT2D eigenvalue weighted by Gasteiger charge is 2.20. The van der Waals surface area contributed by atoms with E-state index in [4.69, 9.17) is 9.47 Å². The van der Waals surface area contributed by atoms with Crippen LogP contribution in [0, 0.1) is 11.8 Å². The molecular weight excluding hydrogens is 466 g/mol. The summed E-state index contributed by atoms with van der Waals surface area (Å²) in [5.41, 5.74) is 2.58. The van der Waals surface area contributed by atoms with E-state index in [1.165, 1.54) is 5.56 Å². The summed E-state index contributed by atoms with van der Waals surface area (Å²) in [6, 6.07) is 15.9. The Morgan fingerprint density at radius 3 is 1.97 bits per heavy atom. The lowest BCUT2D eigenvalue weighted by Gasteiger charge is -2.21. The van der Waals surface area contributed by atoms with Crippen LogP contribution < -0.4 is 10.6 Å². The highest BCUT2D eigenvalue weighted by atomic mass is 16.6. The SMILES string of the molecule is CC(C)(C)OC(=O)/N=C(/NCc1cccc(C#Cc2ccc(C(C)(C)C)cc2)c1)NC(=O)OC(C)(C)C. The fraction of sp³-hybridized carbons (Fsp3) is 0.433. The van der Waals surface area contributed by atoms with E-state index in [0.29, 0.717) is 0 Å². The molecule has 2 aromatic rings. The van der Waals surface area contributed by atoms with Crippen LogP contribution in [0.3, 0.4) is 0 Å². The zero-order valence-corrected chi connectivity index (χ0v) is 23.4. The standard InChI is InChI=1S/C30H39N3O4/c1-28(2,3)24-17-15-21(16-18-24)13-14-22-11-10-12-23(19-22)20-31-25(32-26(34)36-29(4,5)6)33-27(35)37-30(7,8)9/h10-12,15-19H,20H2,1-9H3,(H2,31,32,33,34,35). The molecule has 2 amide bonds. The number of ether oxygens (including phenoxy) is 2. The van der Waals surface area contributed by atoms with Crippen molar-refractivity contribution in [2.75, 3.05) is 0 Å². The largest absolute Gasteiger partial charge is 0.444 e. The number of nitrogens with one attached hydrogen (secondary N) is 2. The molecule has 7 heteroatoms. The predicted octanol–water partition coefficient (Wildman–Crippen LogP) is 6.29. The lowest BCUT2D eigenvalue weighted by Crippen LogP contribution is -2.44. The van der Waals surface area contributed by atoms with E-state index in [9.17, 15) is 9.59 Å². The molecule has 0 radical (unpaired) electrons. The molecule has 2 N–H and O–H groups in total.